The molecule has 0 radical (unpaired) electrons. The van der Waals surface area contributed by atoms with Gasteiger partial charge in [-0.1, -0.05) is 0 Å². The topological polar surface area (TPSA) is 80.2 Å². The molecule has 0 unspecified atom stereocenters. The van der Waals surface area contributed by atoms with Gasteiger partial charge in [0.15, 0.2) is 11.6 Å². The number of hydrogen-bond acceptors (Lipinski definition) is 6. The Labute approximate surface area is 190 Å². The van der Waals surface area contributed by atoms with Crippen molar-refractivity contribution >= 4 is 17.9 Å². The highest BCUT2D eigenvalue weighted by atomic mass is 19.1. The van der Waals surface area contributed by atoms with Crippen LogP contribution in [-0.2, 0) is 11.4 Å². The summed E-state index contributed by atoms with van der Waals surface area (Å²) in [7, 11) is 0. The Morgan fingerprint density at radius 3 is 2.68 bits per heavy atom. The van der Waals surface area contributed by atoms with E-state index in [1.807, 2.05) is 0 Å². The third-order valence-electron chi connectivity index (χ3n) is 5.26. The van der Waals surface area contributed by atoms with Crippen molar-refractivity contribution in [1.29, 1.82) is 0 Å². The largest absolute Gasteiger partial charge is 0.447 e. The third kappa shape index (κ3) is 4.47. The number of aromatic nitrogens is 3. The second-order valence-corrected chi connectivity index (χ2v) is 7.51. The molecule has 0 aliphatic carbocycles. The number of alkyl halides is 2. The molecule has 1 saturated heterocycles. The van der Waals surface area contributed by atoms with E-state index in [9.17, 15) is 26.7 Å². The van der Waals surface area contributed by atoms with Crippen molar-refractivity contribution in [2.24, 2.45) is 0 Å². The smallest absolute Gasteiger partial charge is 0.416 e. The van der Waals surface area contributed by atoms with Crippen LogP contribution in [0.15, 0.2) is 36.7 Å². The maximum absolute atomic E-state index is 14.9. The summed E-state index contributed by atoms with van der Waals surface area (Å²) < 4.78 is 74.8. The maximum atomic E-state index is 14.9. The van der Waals surface area contributed by atoms with Crippen molar-refractivity contribution in [1.82, 2.24) is 15.0 Å². The number of carbonyl (C=O) groups is 1. The molecule has 0 bridgehead atoms. The molecule has 1 fully saturated rings. The molecule has 4 rings (SSSR count). The van der Waals surface area contributed by atoms with Gasteiger partial charge in [0.05, 0.1) is 17.9 Å². The third-order valence-corrected chi connectivity index (χ3v) is 5.26. The quantitative estimate of drug-likeness (QED) is 0.486. The van der Waals surface area contributed by atoms with Gasteiger partial charge in [-0.15, -0.1) is 0 Å². The van der Waals surface area contributed by atoms with E-state index in [4.69, 9.17) is 4.74 Å². The van der Waals surface area contributed by atoms with Gasteiger partial charge in [0.1, 0.15) is 37.6 Å². The van der Waals surface area contributed by atoms with Crippen LogP contribution < -0.4 is 10.2 Å². The molecule has 0 spiro atoms. The summed E-state index contributed by atoms with van der Waals surface area (Å²) in [6.07, 6.45) is 1.10. The molecule has 178 valence electrons. The van der Waals surface area contributed by atoms with Gasteiger partial charge in [-0.3, -0.25) is 4.98 Å². The molecule has 1 amide bonds. The van der Waals surface area contributed by atoms with Crippen molar-refractivity contribution < 1.29 is 31.5 Å². The van der Waals surface area contributed by atoms with Crippen LogP contribution in [0.25, 0.3) is 11.1 Å². The van der Waals surface area contributed by atoms with E-state index in [1.165, 1.54) is 25.3 Å². The van der Waals surface area contributed by atoms with E-state index in [0.29, 0.717) is 0 Å². The van der Waals surface area contributed by atoms with E-state index in [2.05, 4.69) is 20.3 Å². The molecule has 3 aromatic rings. The number of nitrogens with zero attached hydrogens (tertiary/aromatic N) is 4. The molecule has 0 saturated carbocycles. The molecule has 1 N–H and O–H groups in total. The number of carbonyl (C=O) groups excluding carboxylic acids is 1. The molecular weight excluding hydrogens is 461 g/mol. The van der Waals surface area contributed by atoms with Gasteiger partial charge < -0.3 is 10.1 Å². The second kappa shape index (κ2) is 9.57. The highest BCUT2D eigenvalue weighted by Crippen LogP contribution is 2.30. The summed E-state index contributed by atoms with van der Waals surface area (Å²) in [4.78, 5) is 24.1. The first-order valence-corrected chi connectivity index (χ1v) is 10.1. The summed E-state index contributed by atoms with van der Waals surface area (Å²) in [6.45, 7) is -0.599. The zero-order valence-corrected chi connectivity index (χ0v) is 17.7. The number of pyridine rings is 1. The fraction of sp³-hybridized carbons (Fsp3) is 0.273. The molecule has 7 nitrogen and oxygen atoms in total. The van der Waals surface area contributed by atoms with Gasteiger partial charge in [-0.25, -0.2) is 36.6 Å². The van der Waals surface area contributed by atoms with Crippen LogP contribution in [0.5, 0.6) is 0 Å². The lowest BCUT2D eigenvalue weighted by Crippen LogP contribution is -2.36. The summed E-state index contributed by atoms with van der Waals surface area (Å²) in [5, 5.41) is 2.71. The molecule has 2 atom stereocenters. The van der Waals surface area contributed by atoms with Gasteiger partial charge in [0.25, 0.3) is 0 Å². The van der Waals surface area contributed by atoms with Crippen molar-refractivity contribution in [2.45, 2.75) is 25.7 Å². The Morgan fingerprint density at radius 2 is 1.94 bits per heavy atom. The van der Waals surface area contributed by atoms with E-state index in [-0.39, 0.29) is 34.9 Å². The molecule has 3 heterocycles. The zero-order chi connectivity index (χ0) is 24.4. The Hall–Kier alpha value is -3.83. The predicted molar refractivity (Wildman–Crippen MR) is 112 cm³/mol. The number of amides is 1. The van der Waals surface area contributed by atoms with Crippen LogP contribution in [0.4, 0.5) is 38.5 Å². The van der Waals surface area contributed by atoms with E-state index < -0.39 is 54.8 Å². The van der Waals surface area contributed by atoms with Crippen LogP contribution in [0.1, 0.15) is 24.2 Å². The minimum atomic E-state index is -1.05. The number of benzene rings is 1. The first kappa shape index (κ1) is 23.3. The number of rotatable bonds is 7. The average Bonchev–Trinajstić information content (AvgIpc) is 3.21. The first-order chi connectivity index (χ1) is 16.3. The predicted octanol–water partition coefficient (Wildman–Crippen LogP) is 4.89. The van der Waals surface area contributed by atoms with Crippen LogP contribution in [0, 0.1) is 17.5 Å². The summed E-state index contributed by atoms with van der Waals surface area (Å²) in [5.74, 6) is -3.21. The number of cyclic esters (lactones) is 1. The highest BCUT2D eigenvalue weighted by Gasteiger charge is 2.37. The number of halogens is 5. The van der Waals surface area contributed by atoms with Crippen LogP contribution in [-0.4, -0.2) is 40.4 Å². The molecule has 12 heteroatoms. The highest BCUT2D eigenvalue weighted by molar-refractivity contribution is 5.89. The van der Waals surface area contributed by atoms with Gasteiger partial charge >= 0.3 is 6.09 Å². The summed E-state index contributed by atoms with van der Waals surface area (Å²) >= 11 is 0. The van der Waals surface area contributed by atoms with Gasteiger partial charge in [-0.05, 0) is 36.8 Å². The van der Waals surface area contributed by atoms with Crippen molar-refractivity contribution in [3.63, 3.8) is 0 Å². The Balaban J connectivity index is 1.60. The molecule has 1 aromatic carbocycles. The summed E-state index contributed by atoms with van der Waals surface area (Å²) in [6, 6.07) is 2.76. The molecular formula is C22H18F5N5O2. The zero-order valence-electron chi connectivity index (χ0n) is 17.7. The van der Waals surface area contributed by atoms with E-state index in [1.54, 1.807) is 0 Å². The van der Waals surface area contributed by atoms with E-state index >= 15 is 0 Å². The minimum Gasteiger partial charge on any atom is -0.447 e. The number of hydrogen-bond donors (Lipinski definition) is 1. The number of anilines is 2. The van der Waals surface area contributed by atoms with Crippen LogP contribution in [0.3, 0.4) is 0 Å². The fourth-order valence-corrected chi connectivity index (χ4v) is 3.54. The van der Waals surface area contributed by atoms with Crippen molar-refractivity contribution in [3.8, 4) is 11.1 Å². The Bertz CT molecular complexity index is 1230. The minimum absolute atomic E-state index is 0.0734. The van der Waals surface area contributed by atoms with Crippen LogP contribution >= 0.6 is 0 Å². The average molecular weight is 479 g/mol. The monoisotopic (exact) mass is 479 g/mol. The molecule has 34 heavy (non-hydrogen) atoms. The number of nitrogens with one attached hydrogen (secondary N) is 1. The lowest BCUT2D eigenvalue weighted by atomic mass is 10.00. The summed E-state index contributed by atoms with van der Waals surface area (Å²) in [5.41, 5.74) is 0.184. The van der Waals surface area contributed by atoms with Gasteiger partial charge in [0, 0.05) is 17.3 Å². The lowest BCUT2D eigenvalue weighted by molar-refractivity contribution is 0.177. The second-order valence-electron chi connectivity index (χ2n) is 7.51. The van der Waals surface area contributed by atoms with E-state index in [0.717, 1.165) is 23.2 Å². The SMILES string of the molecule is C[C@H](Nc1ncc(F)c(N2C(=O)OC[C@@H]2CF)n1)c1cc(F)c(-c2ccnc(CF)c2)cc1F. The fourth-order valence-electron chi connectivity index (χ4n) is 3.54. The maximum Gasteiger partial charge on any atom is 0.416 e. The van der Waals surface area contributed by atoms with Gasteiger partial charge in [0.2, 0.25) is 5.95 Å². The molecule has 2 aromatic heterocycles. The normalized spacial score (nSPS) is 16.5. The van der Waals surface area contributed by atoms with Gasteiger partial charge in [-0.2, -0.15) is 4.98 Å². The standard InChI is InChI=1S/C22H18F5N5O2/c1-11(15-5-18(26)16(6-17(15)25)12-2-3-28-13(4-12)7-23)30-21-29-9-19(27)20(31-21)32-14(8-24)10-34-22(32)33/h2-6,9,11,14H,7-8,10H2,1H3,(H,29,30,31)/t11-,14-/m0/s1. The van der Waals surface area contributed by atoms with Crippen molar-refractivity contribution in [2.75, 3.05) is 23.5 Å². The first-order valence-electron chi connectivity index (χ1n) is 10.1. The Morgan fingerprint density at radius 1 is 1.15 bits per heavy atom. The van der Waals surface area contributed by atoms with Crippen molar-refractivity contribution in [3.05, 3.63) is 65.4 Å². The Kier molecular flexibility index (Phi) is 6.57. The molecule has 1 aliphatic rings. The lowest BCUT2D eigenvalue weighted by Gasteiger charge is -2.20. The number of ether oxygens (including phenoxy) is 1. The van der Waals surface area contributed by atoms with Crippen LogP contribution in [0.2, 0.25) is 0 Å². The molecule has 1 aliphatic heterocycles.